The van der Waals surface area contributed by atoms with E-state index in [1.807, 2.05) is 0 Å². The number of carboxylic acid groups (broad SMARTS) is 5. The molecule has 0 radical (unpaired) electrons. The van der Waals surface area contributed by atoms with E-state index in [4.69, 9.17) is 84.4 Å². The Bertz CT molecular complexity index is 5340. The van der Waals surface area contributed by atoms with Gasteiger partial charge < -0.3 is 87.4 Å². The first-order valence-electron chi connectivity index (χ1n) is 29.4. The molecule has 0 saturated carbocycles. The Kier molecular flexibility index (Phi) is 27.1. The lowest BCUT2D eigenvalue weighted by molar-refractivity contribution is -0.140. The van der Waals surface area contributed by atoms with Crippen molar-refractivity contribution in [1.29, 1.82) is 0 Å². The molecule has 0 fully saturated rings. The molecule has 11 rings (SSSR count). The highest BCUT2D eigenvalue weighted by Crippen LogP contribution is 2.44. The molecule has 0 spiro atoms. The number of hydrogen-bond donors (Lipinski definition) is 10. The Hall–Kier alpha value is -12.7. The number of methoxy groups -OCH3 is 5. The minimum absolute atomic E-state index is 0.0693. The van der Waals surface area contributed by atoms with E-state index in [-0.39, 0.29) is 45.9 Å². The number of ether oxygens (including phenoxy) is 7. The molecule has 111 heavy (non-hydrogen) atoms. The largest absolute Gasteiger partial charge is 0.492 e. The van der Waals surface area contributed by atoms with Gasteiger partial charge in [-0.2, -0.15) is 13.2 Å². The molecule has 584 valence electrons. The number of fused-ring (bicyclic) bond motifs is 1. The highest BCUT2D eigenvalue weighted by Gasteiger charge is 2.38. The van der Waals surface area contributed by atoms with Crippen LogP contribution in [0.5, 0.6) is 40.2 Å². The number of carboxylic acids is 5. The maximum absolute atomic E-state index is 14.4. The van der Waals surface area contributed by atoms with E-state index in [0.29, 0.717) is 40.8 Å². The fraction of sp³-hybridized carbons (Fsp3) is 0.104. The Morgan fingerprint density at radius 3 is 1.11 bits per heavy atom. The summed E-state index contributed by atoms with van der Waals surface area (Å²) < 4.78 is 226. The van der Waals surface area contributed by atoms with Crippen LogP contribution in [-0.4, -0.2) is 123 Å². The Morgan fingerprint density at radius 2 is 0.739 bits per heavy atom. The van der Waals surface area contributed by atoms with E-state index in [9.17, 15) is 90.5 Å². The van der Waals surface area contributed by atoms with Gasteiger partial charge in [0.15, 0.2) is 121 Å². The molecular weight excluding hydrogens is 1730 g/mol. The minimum Gasteiger partial charge on any atom is -0.492 e. The summed E-state index contributed by atoms with van der Waals surface area (Å²) in [5, 5.41) is 44.9. The molecule has 0 saturated heterocycles. The number of nitrogens with zero attached hydrogens (tertiary/aromatic N) is 5. The SMILES string of the molecule is COc1c(C(=O)O)nc(-c2cc(F)c(Cl)cc2F)c(F)c1N.COc1c(C(=O)O)nc(-c2ccc(Br)c(F)c2F)c(F)c1N.COc1c(C(=O)O)nc(-c2ccc(C(F)(F)F)c(F)c2F)c(F)c1N.COc1c(C(=O)O)nc(-c2ccc(I)cc2)c(F)c1N.COc1c(C(=O)O)nc(-c2ccc3c(c2)OCO3)c(F)c1N. The summed E-state index contributed by atoms with van der Waals surface area (Å²) >= 11 is 10.3. The second kappa shape index (κ2) is 35.1. The first-order valence-corrected chi connectivity index (χ1v) is 31.6. The van der Waals surface area contributed by atoms with E-state index in [0.717, 1.165) is 37.0 Å². The van der Waals surface area contributed by atoms with E-state index in [2.05, 4.69) is 72.9 Å². The molecule has 0 bridgehead atoms. The van der Waals surface area contributed by atoms with Gasteiger partial charge in [0.1, 0.15) is 68.5 Å². The predicted octanol–water partition coefficient (Wildman–Crippen LogP) is 14.5. The summed E-state index contributed by atoms with van der Waals surface area (Å²) in [7, 11) is 5.53. The number of rotatable bonds is 15. The van der Waals surface area contributed by atoms with Gasteiger partial charge in [0, 0.05) is 31.4 Å². The number of anilines is 5. The standard InChI is InChI=1S/C14H8F6N2O3.C14H11FN2O5.C13H8BrF3N2O3.C13H8ClF3N2O3.C13H10FIN2O3/c1-25-12-9(21)8(17)10(22-11(12)13(23)24)4-2-3-5(14(18,19)20)7(16)6(4)15;1-20-13-10(16)9(15)11(17-12(13)14(18)19)6-2-3-7-8(4-6)22-5-21-7;1-22-12-9(18)8(17)10(19-11(12)13(20)21)4-2-3-5(14)7(16)6(4)15;1-22-12-9(18)8(17)10(19-11(12)13(20)21)4-2-7(16)5(14)3-6(4)15;1-20-12-9(16)8(14)10(17-11(12)13(18)19)6-2-4-7(15)5-3-6/h2-3H,1H3,(H2,21,22)(H,23,24);2-4H,5H2,1H3,(H2,16,17)(H,18,19);2*2-3H,1H3,(H2,18,19)(H,20,21);2-5H,1H3,(H2,16,17)(H,18,19). The van der Waals surface area contributed by atoms with Crippen molar-refractivity contribution in [2.24, 2.45) is 0 Å². The number of benzene rings is 5. The second-order valence-electron chi connectivity index (χ2n) is 21.2. The summed E-state index contributed by atoms with van der Waals surface area (Å²) in [6.45, 7) is 0.0693. The zero-order chi connectivity index (χ0) is 83.0. The number of halogens is 17. The van der Waals surface area contributed by atoms with Crippen molar-refractivity contribution in [2.75, 3.05) is 71.0 Å². The lowest BCUT2D eigenvalue weighted by Gasteiger charge is -2.14. The van der Waals surface area contributed by atoms with E-state index in [1.165, 1.54) is 26.4 Å². The van der Waals surface area contributed by atoms with Crippen LogP contribution in [0.15, 0.2) is 83.3 Å². The molecular formula is C67H45BrClF14IN10O17. The first kappa shape index (κ1) is 85.6. The van der Waals surface area contributed by atoms with Crippen LogP contribution in [0.1, 0.15) is 58.0 Å². The van der Waals surface area contributed by atoms with Gasteiger partial charge >= 0.3 is 36.0 Å². The number of nitrogens with two attached hydrogens (primary N) is 5. The lowest BCUT2D eigenvalue weighted by atomic mass is 10.0. The Morgan fingerprint density at radius 1 is 0.414 bits per heavy atom. The van der Waals surface area contributed by atoms with Crippen LogP contribution in [0.4, 0.5) is 89.9 Å². The minimum atomic E-state index is -5.18. The smallest absolute Gasteiger partial charge is 0.419 e. The van der Waals surface area contributed by atoms with Crippen LogP contribution in [0.25, 0.3) is 56.3 Å². The van der Waals surface area contributed by atoms with Gasteiger partial charge in [-0.3, -0.25) is 0 Å². The van der Waals surface area contributed by atoms with Crippen molar-refractivity contribution >= 4 is 108 Å². The summed E-state index contributed by atoms with van der Waals surface area (Å²) in [4.78, 5) is 73.7. The van der Waals surface area contributed by atoms with Crippen molar-refractivity contribution < 1.29 is 144 Å². The molecule has 5 aromatic heterocycles. The number of nitrogen functional groups attached to an aromatic ring is 5. The fourth-order valence-corrected chi connectivity index (χ4v) is 10.3. The molecule has 5 aromatic carbocycles. The van der Waals surface area contributed by atoms with E-state index < -0.39 is 213 Å². The van der Waals surface area contributed by atoms with Crippen LogP contribution in [0, 0.1) is 67.6 Å². The highest BCUT2D eigenvalue weighted by molar-refractivity contribution is 14.1. The molecule has 0 atom stereocenters. The first-order chi connectivity index (χ1) is 52.0. The third-order valence-electron chi connectivity index (χ3n) is 14.6. The molecule has 1 aliphatic heterocycles. The number of aromatic nitrogens is 5. The van der Waals surface area contributed by atoms with Crippen LogP contribution in [0.2, 0.25) is 5.02 Å². The summed E-state index contributed by atoms with van der Waals surface area (Å²) in [6.07, 6.45) is -5.18. The van der Waals surface area contributed by atoms with E-state index in [1.54, 1.807) is 30.3 Å². The molecule has 0 aliphatic carbocycles. The molecule has 0 unspecified atom stereocenters. The maximum atomic E-state index is 14.4. The molecule has 0 amide bonds. The lowest BCUT2D eigenvalue weighted by Crippen LogP contribution is -2.13. The number of hydrogen-bond acceptors (Lipinski definition) is 22. The van der Waals surface area contributed by atoms with Gasteiger partial charge in [0.25, 0.3) is 0 Å². The van der Waals surface area contributed by atoms with Gasteiger partial charge in [0.05, 0.1) is 50.6 Å². The quantitative estimate of drug-likeness (QED) is 0.0197. The molecule has 27 nitrogen and oxygen atoms in total. The monoisotopic (exact) mass is 1770 g/mol. The van der Waals surface area contributed by atoms with Crippen molar-refractivity contribution in [3.63, 3.8) is 0 Å². The average molecular weight is 1770 g/mol. The van der Waals surface area contributed by atoms with Crippen molar-refractivity contribution in [3.05, 3.63) is 190 Å². The van der Waals surface area contributed by atoms with Gasteiger partial charge in [-0.1, -0.05) is 23.7 Å². The fourth-order valence-electron chi connectivity index (χ4n) is 9.52. The number of pyridine rings is 5. The van der Waals surface area contributed by atoms with Gasteiger partial charge in [0.2, 0.25) is 6.79 Å². The van der Waals surface area contributed by atoms with Crippen LogP contribution < -0.4 is 61.8 Å². The van der Waals surface area contributed by atoms with Crippen molar-refractivity contribution in [3.8, 4) is 96.5 Å². The zero-order valence-corrected chi connectivity index (χ0v) is 60.4. The third-order valence-corrected chi connectivity index (χ3v) is 16.3. The average Bonchev–Trinajstić information content (AvgIpc) is 1.02. The number of carbonyl (C=O) groups is 5. The number of aromatic carboxylic acids is 5. The van der Waals surface area contributed by atoms with Crippen molar-refractivity contribution in [1.82, 2.24) is 24.9 Å². The molecule has 6 heterocycles. The van der Waals surface area contributed by atoms with E-state index >= 15 is 0 Å². The normalized spacial score (nSPS) is 11.1. The predicted molar refractivity (Wildman–Crippen MR) is 374 cm³/mol. The second-order valence-corrected chi connectivity index (χ2v) is 23.7. The molecule has 1 aliphatic rings. The number of alkyl halides is 3. The highest BCUT2D eigenvalue weighted by atomic mass is 127. The van der Waals surface area contributed by atoms with Crippen LogP contribution >= 0.6 is 50.1 Å². The molecule has 15 N–H and O–H groups in total. The summed E-state index contributed by atoms with van der Waals surface area (Å²) in [5.41, 5.74) is 15.0. The Balaban J connectivity index is 0.000000193. The van der Waals surface area contributed by atoms with Gasteiger partial charge in [-0.05, 0) is 105 Å². The van der Waals surface area contributed by atoms with Crippen molar-refractivity contribution in [2.45, 2.75) is 6.18 Å². The summed E-state index contributed by atoms with van der Waals surface area (Å²) in [5.74, 6) is -23.5. The summed E-state index contributed by atoms with van der Waals surface area (Å²) in [6, 6.07) is 15.4. The van der Waals surface area contributed by atoms with Gasteiger partial charge in [-0.15, -0.1) is 0 Å². The topological polar surface area (TPSA) is 446 Å². The molecule has 44 heteroatoms. The Labute approximate surface area is 637 Å². The zero-order valence-electron chi connectivity index (χ0n) is 55.9. The maximum Gasteiger partial charge on any atom is 0.419 e. The van der Waals surface area contributed by atoms with Crippen LogP contribution in [-0.2, 0) is 6.18 Å². The third kappa shape index (κ3) is 17.9. The van der Waals surface area contributed by atoms with Gasteiger partial charge in [-0.25, -0.2) is 97.2 Å². The van der Waals surface area contributed by atoms with Crippen LogP contribution in [0.3, 0.4) is 0 Å². The molecule has 10 aromatic rings.